The zero-order valence-electron chi connectivity index (χ0n) is 15.3. The SMILES string of the molecule is COC(=O)c1ccc(NC(=O)c2csc3nc(-c4ccc(C)cc4)cn23)cc1. The number of hydrogen-bond acceptors (Lipinski definition) is 5. The number of nitrogens with one attached hydrogen (secondary N) is 1. The van der Waals surface area contributed by atoms with E-state index in [4.69, 9.17) is 0 Å². The van der Waals surface area contributed by atoms with Crippen LogP contribution >= 0.6 is 11.3 Å². The Morgan fingerprint density at radius 3 is 2.46 bits per heavy atom. The van der Waals surface area contributed by atoms with E-state index in [-0.39, 0.29) is 5.91 Å². The first-order valence-corrected chi connectivity index (χ1v) is 9.46. The lowest BCUT2D eigenvalue weighted by Gasteiger charge is -2.05. The summed E-state index contributed by atoms with van der Waals surface area (Å²) in [5, 5.41) is 4.62. The molecule has 0 bridgehead atoms. The van der Waals surface area contributed by atoms with Crippen molar-refractivity contribution >= 4 is 33.9 Å². The van der Waals surface area contributed by atoms with E-state index >= 15 is 0 Å². The molecule has 6 nitrogen and oxygen atoms in total. The minimum Gasteiger partial charge on any atom is -0.465 e. The number of anilines is 1. The Bertz CT molecular complexity index is 1160. The number of aryl methyl sites for hydroxylation is 1. The lowest BCUT2D eigenvalue weighted by molar-refractivity contribution is 0.0600. The summed E-state index contributed by atoms with van der Waals surface area (Å²) >= 11 is 1.41. The number of hydrogen-bond donors (Lipinski definition) is 1. The van der Waals surface area contributed by atoms with Crippen molar-refractivity contribution in [2.24, 2.45) is 0 Å². The number of rotatable bonds is 4. The van der Waals surface area contributed by atoms with Crippen LogP contribution in [0.2, 0.25) is 0 Å². The molecule has 0 saturated carbocycles. The predicted molar refractivity (Wildman–Crippen MR) is 109 cm³/mol. The Morgan fingerprint density at radius 2 is 1.79 bits per heavy atom. The molecule has 0 atom stereocenters. The second-order valence-electron chi connectivity index (χ2n) is 6.29. The van der Waals surface area contributed by atoms with Gasteiger partial charge in [-0.1, -0.05) is 29.8 Å². The molecule has 0 radical (unpaired) electrons. The van der Waals surface area contributed by atoms with Gasteiger partial charge in [0.2, 0.25) is 0 Å². The molecule has 2 heterocycles. The fraction of sp³-hybridized carbons (Fsp3) is 0.0952. The highest BCUT2D eigenvalue weighted by atomic mass is 32.1. The molecular formula is C21H17N3O3S. The van der Waals surface area contributed by atoms with Crippen LogP contribution in [-0.2, 0) is 4.74 Å². The second-order valence-corrected chi connectivity index (χ2v) is 7.13. The number of aromatic nitrogens is 2. The number of methoxy groups -OCH3 is 1. The number of esters is 1. The Balaban J connectivity index is 1.57. The monoisotopic (exact) mass is 391 g/mol. The summed E-state index contributed by atoms with van der Waals surface area (Å²) in [6.07, 6.45) is 1.87. The van der Waals surface area contributed by atoms with E-state index in [1.54, 1.807) is 34.0 Å². The summed E-state index contributed by atoms with van der Waals surface area (Å²) in [4.78, 5) is 29.6. The van der Waals surface area contributed by atoms with Gasteiger partial charge in [-0.25, -0.2) is 9.78 Å². The van der Waals surface area contributed by atoms with Gasteiger partial charge in [0.25, 0.3) is 5.91 Å². The Morgan fingerprint density at radius 1 is 1.07 bits per heavy atom. The number of ether oxygens (including phenoxy) is 1. The fourth-order valence-electron chi connectivity index (χ4n) is 2.81. The highest BCUT2D eigenvalue weighted by Gasteiger charge is 2.16. The van der Waals surface area contributed by atoms with Crippen LogP contribution in [0.3, 0.4) is 0 Å². The molecule has 28 heavy (non-hydrogen) atoms. The molecule has 0 fully saturated rings. The third kappa shape index (κ3) is 3.39. The molecule has 0 saturated heterocycles. The standard InChI is InChI=1S/C21H17N3O3S/c1-13-3-5-14(6-4-13)17-11-24-18(12-28-21(24)23-17)19(25)22-16-9-7-15(8-10-16)20(26)27-2/h3-12H,1-2H3,(H,22,25). The minimum absolute atomic E-state index is 0.245. The fourth-order valence-corrected chi connectivity index (χ4v) is 3.67. The van der Waals surface area contributed by atoms with E-state index < -0.39 is 5.97 Å². The molecule has 1 N–H and O–H groups in total. The third-order valence-corrected chi connectivity index (χ3v) is 5.19. The van der Waals surface area contributed by atoms with Crippen LogP contribution in [-0.4, -0.2) is 28.4 Å². The van der Waals surface area contributed by atoms with Crippen LogP contribution in [0.4, 0.5) is 5.69 Å². The maximum Gasteiger partial charge on any atom is 0.337 e. The van der Waals surface area contributed by atoms with Crippen molar-refractivity contribution in [3.63, 3.8) is 0 Å². The second kappa shape index (κ2) is 7.28. The number of imidazole rings is 1. The first kappa shape index (κ1) is 17.9. The van der Waals surface area contributed by atoms with E-state index in [9.17, 15) is 9.59 Å². The topological polar surface area (TPSA) is 72.7 Å². The maximum absolute atomic E-state index is 12.7. The first-order valence-electron chi connectivity index (χ1n) is 8.58. The summed E-state index contributed by atoms with van der Waals surface area (Å²) in [5.74, 6) is -0.663. The third-order valence-electron chi connectivity index (χ3n) is 4.35. The molecule has 140 valence electrons. The molecule has 4 rings (SSSR count). The highest BCUT2D eigenvalue weighted by Crippen LogP contribution is 2.24. The number of fused-ring (bicyclic) bond motifs is 1. The number of benzene rings is 2. The normalized spacial score (nSPS) is 10.8. The quantitative estimate of drug-likeness (QED) is 0.523. The lowest BCUT2D eigenvalue weighted by Crippen LogP contribution is -2.14. The summed E-state index contributed by atoms with van der Waals surface area (Å²) < 4.78 is 6.46. The van der Waals surface area contributed by atoms with Gasteiger partial charge in [-0.15, -0.1) is 11.3 Å². The van der Waals surface area contributed by atoms with Crippen molar-refractivity contribution in [2.45, 2.75) is 6.92 Å². The molecule has 2 aromatic heterocycles. The van der Waals surface area contributed by atoms with Crippen LogP contribution < -0.4 is 5.32 Å². The molecule has 0 aliphatic carbocycles. The average molecular weight is 391 g/mol. The zero-order chi connectivity index (χ0) is 19.7. The van der Waals surface area contributed by atoms with Crippen LogP contribution in [0.1, 0.15) is 26.4 Å². The Hall–Kier alpha value is -3.45. The van der Waals surface area contributed by atoms with Gasteiger partial charge < -0.3 is 10.1 Å². The summed E-state index contributed by atoms with van der Waals surface area (Å²) in [6.45, 7) is 2.04. The summed E-state index contributed by atoms with van der Waals surface area (Å²) in [6, 6.07) is 14.7. The Kier molecular flexibility index (Phi) is 4.67. The van der Waals surface area contributed by atoms with E-state index in [0.29, 0.717) is 16.9 Å². The molecule has 0 spiro atoms. The van der Waals surface area contributed by atoms with Crippen LogP contribution in [0.5, 0.6) is 0 Å². The lowest BCUT2D eigenvalue weighted by atomic mass is 10.1. The molecule has 0 aliphatic heterocycles. The van der Waals surface area contributed by atoms with Crippen molar-refractivity contribution in [1.82, 2.24) is 9.38 Å². The summed E-state index contributed by atoms with van der Waals surface area (Å²) in [5.41, 5.74) is 4.53. The number of carbonyl (C=O) groups excluding carboxylic acids is 2. The molecule has 1 amide bonds. The van der Waals surface area contributed by atoms with Gasteiger partial charge in [0.05, 0.1) is 18.4 Å². The highest BCUT2D eigenvalue weighted by molar-refractivity contribution is 7.15. The Labute approximate surface area is 165 Å². The number of carbonyl (C=O) groups is 2. The molecule has 7 heteroatoms. The van der Waals surface area contributed by atoms with Crippen molar-refractivity contribution < 1.29 is 14.3 Å². The van der Waals surface area contributed by atoms with E-state index in [1.807, 2.05) is 37.4 Å². The van der Waals surface area contributed by atoms with Gasteiger partial charge in [-0.3, -0.25) is 9.20 Å². The largest absolute Gasteiger partial charge is 0.465 e. The smallest absolute Gasteiger partial charge is 0.337 e. The van der Waals surface area contributed by atoms with E-state index in [0.717, 1.165) is 16.2 Å². The summed E-state index contributed by atoms with van der Waals surface area (Å²) in [7, 11) is 1.33. The average Bonchev–Trinajstić information content (AvgIpc) is 3.29. The molecule has 0 unspecified atom stereocenters. The predicted octanol–water partition coefficient (Wildman–Crippen LogP) is 4.41. The van der Waals surface area contributed by atoms with Gasteiger partial charge in [0, 0.05) is 22.8 Å². The molecule has 4 aromatic rings. The van der Waals surface area contributed by atoms with Gasteiger partial charge in [-0.2, -0.15) is 0 Å². The first-order chi connectivity index (χ1) is 13.5. The van der Waals surface area contributed by atoms with E-state index in [1.165, 1.54) is 24.0 Å². The van der Waals surface area contributed by atoms with Gasteiger partial charge in [0.15, 0.2) is 4.96 Å². The van der Waals surface area contributed by atoms with Crippen LogP contribution in [0, 0.1) is 6.92 Å². The minimum atomic E-state index is -0.417. The van der Waals surface area contributed by atoms with Gasteiger partial charge in [0.1, 0.15) is 5.69 Å². The van der Waals surface area contributed by atoms with Gasteiger partial charge in [-0.05, 0) is 31.2 Å². The number of thiazole rings is 1. The van der Waals surface area contributed by atoms with E-state index in [2.05, 4.69) is 15.0 Å². The number of nitrogens with zero attached hydrogens (tertiary/aromatic N) is 2. The van der Waals surface area contributed by atoms with Gasteiger partial charge >= 0.3 is 5.97 Å². The molecular weight excluding hydrogens is 374 g/mol. The van der Waals surface area contributed by atoms with Crippen molar-refractivity contribution in [2.75, 3.05) is 12.4 Å². The number of amides is 1. The zero-order valence-corrected chi connectivity index (χ0v) is 16.1. The molecule has 0 aliphatic rings. The maximum atomic E-state index is 12.7. The molecule has 2 aromatic carbocycles. The van der Waals surface area contributed by atoms with Crippen molar-refractivity contribution in [3.8, 4) is 11.3 Å². The van der Waals surface area contributed by atoms with Crippen LogP contribution in [0.25, 0.3) is 16.2 Å². The van der Waals surface area contributed by atoms with Crippen molar-refractivity contribution in [3.05, 3.63) is 76.9 Å². The van der Waals surface area contributed by atoms with Crippen molar-refractivity contribution in [1.29, 1.82) is 0 Å². The van der Waals surface area contributed by atoms with Crippen LogP contribution in [0.15, 0.2) is 60.1 Å².